The Morgan fingerprint density at radius 3 is 2.40 bits per heavy atom. The quantitative estimate of drug-likeness (QED) is 0.388. The summed E-state index contributed by atoms with van der Waals surface area (Å²) in [5.74, 6) is -1.48. The third-order valence-corrected chi connectivity index (χ3v) is 7.93. The topological polar surface area (TPSA) is 105 Å². The molecule has 0 spiro atoms. The number of thiophene rings is 1. The number of aryl methyl sites for hydroxylation is 1. The van der Waals surface area contributed by atoms with E-state index in [1.165, 1.54) is 18.4 Å². The van der Waals surface area contributed by atoms with Crippen molar-refractivity contribution in [2.24, 2.45) is 0 Å². The lowest BCUT2D eigenvalue weighted by Crippen LogP contribution is -2.42. The van der Waals surface area contributed by atoms with Gasteiger partial charge in [0.15, 0.2) is 9.84 Å². The van der Waals surface area contributed by atoms with Crippen molar-refractivity contribution in [1.29, 1.82) is 0 Å². The van der Waals surface area contributed by atoms with Gasteiger partial charge >= 0.3 is 11.8 Å². The lowest BCUT2D eigenvalue weighted by molar-refractivity contribution is -0.139. The lowest BCUT2D eigenvalue weighted by Gasteiger charge is -2.15. The highest BCUT2D eigenvalue weighted by Crippen LogP contribution is 2.31. The van der Waals surface area contributed by atoms with Crippen LogP contribution in [0, 0.1) is 0 Å². The minimum Gasteiger partial charge on any atom is -0.468 e. The van der Waals surface area contributed by atoms with E-state index in [0.717, 1.165) is 23.3 Å². The molecule has 2 amide bonds. The predicted octanol–water partition coefficient (Wildman–Crippen LogP) is 2.72. The molecule has 0 radical (unpaired) electrons. The van der Waals surface area contributed by atoms with Gasteiger partial charge in [-0.1, -0.05) is 36.4 Å². The first-order valence-electron chi connectivity index (χ1n) is 9.39. The molecule has 7 nitrogen and oxygen atoms in total. The van der Waals surface area contributed by atoms with Crippen LogP contribution in [-0.4, -0.2) is 33.3 Å². The normalized spacial score (nSPS) is 12.3. The second-order valence-corrected chi connectivity index (χ2v) is 9.84. The molecule has 9 heteroatoms. The third-order valence-electron chi connectivity index (χ3n) is 4.44. The Hall–Kier alpha value is -2.91. The average Bonchev–Trinajstić information content (AvgIpc) is 3.46. The summed E-state index contributed by atoms with van der Waals surface area (Å²) in [5, 5.41) is 5.50. The van der Waals surface area contributed by atoms with Crippen molar-refractivity contribution in [2.45, 2.75) is 22.3 Å². The number of furan rings is 1. The molecule has 0 aliphatic carbocycles. The van der Waals surface area contributed by atoms with Gasteiger partial charge in [0, 0.05) is 13.1 Å². The van der Waals surface area contributed by atoms with Gasteiger partial charge in [0.1, 0.15) is 15.2 Å². The smallest absolute Gasteiger partial charge is 0.309 e. The molecule has 158 valence electrons. The number of hydrogen-bond donors (Lipinski definition) is 2. The van der Waals surface area contributed by atoms with Gasteiger partial charge in [0.2, 0.25) is 0 Å². The van der Waals surface area contributed by atoms with Gasteiger partial charge in [-0.2, -0.15) is 0 Å². The Morgan fingerprint density at radius 1 is 0.967 bits per heavy atom. The summed E-state index contributed by atoms with van der Waals surface area (Å²) in [5.41, 5.74) is 1.15. The number of amides is 2. The number of sulfone groups is 1. The van der Waals surface area contributed by atoms with Crippen LogP contribution in [-0.2, 0) is 25.8 Å². The Kier molecular flexibility index (Phi) is 7.42. The highest BCUT2D eigenvalue weighted by molar-refractivity contribution is 7.93. The zero-order valence-corrected chi connectivity index (χ0v) is 17.7. The first kappa shape index (κ1) is 21.8. The molecule has 2 aromatic heterocycles. The van der Waals surface area contributed by atoms with E-state index in [4.69, 9.17) is 4.42 Å². The largest absolute Gasteiger partial charge is 0.468 e. The van der Waals surface area contributed by atoms with Gasteiger partial charge in [-0.05, 0) is 42.0 Å². The molecule has 0 saturated heterocycles. The number of benzene rings is 1. The second kappa shape index (κ2) is 10.2. The van der Waals surface area contributed by atoms with Crippen molar-refractivity contribution < 1.29 is 22.4 Å². The van der Waals surface area contributed by atoms with Gasteiger partial charge in [0.05, 0.1) is 6.26 Å². The van der Waals surface area contributed by atoms with E-state index in [1.807, 2.05) is 30.3 Å². The fourth-order valence-corrected chi connectivity index (χ4v) is 5.68. The van der Waals surface area contributed by atoms with Crippen LogP contribution in [0.1, 0.15) is 23.0 Å². The van der Waals surface area contributed by atoms with Gasteiger partial charge in [-0.15, -0.1) is 11.3 Å². The van der Waals surface area contributed by atoms with Gasteiger partial charge < -0.3 is 15.1 Å². The van der Waals surface area contributed by atoms with E-state index in [9.17, 15) is 18.0 Å². The molecule has 0 fully saturated rings. The molecule has 3 aromatic rings. The fraction of sp³-hybridized carbons (Fsp3) is 0.238. The van der Waals surface area contributed by atoms with Crippen molar-refractivity contribution in [3.05, 3.63) is 77.6 Å². The summed E-state index contributed by atoms with van der Waals surface area (Å²) in [6, 6.07) is 16.1. The first-order chi connectivity index (χ1) is 14.5. The fourth-order valence-electron chi connectivity index (χ4n) is 2.89. The van der Waals surface area contributed by atoms with Crippen molar-refractivity contribution >= 4 is 33.0 Å². The molecule has 0 unspecified atom stereocenters. The van der Waals surface area contributed by atoms with Crippen LogP contribution in [0.25, 0.3) is 0 Å². The average molecular weight is 447 g/mol. The second-order valence-electron chi connectivity index (χ2n) is 6.54. The van der Waals surface area contributed by atoms with E-state index in [1.54, 1.807) is 17.5 Å². The van der Waals surface area contributed by atoms with Gasteiger partial charge in [-0.3, -0.25) is 9.59 Å². The highest BCUT2D eigenvalue weighted by Gasteiger charge is 2.33. The molecule has 0 saturated carbocycles. The summed E-state index contributed by atoms with van der Waals surface area (Å²) < 4.78 is 31.3. The summed E-state index contributed by atoms with van der Waals surface area (Å²) in [4.78, 5) is 24.2. The van der Waals surface area contributed by atoms with Crippen molar-refractivity contribution in [2.75, 3.05) is 13.1 Å². The molecule has 0 aliphatic rings. The van der Waals surface area contributed by atoms with Crippen LogP contribution in [0.5, 0.6) is 0 Å². The molecule has 1 aromatic carbocycles. The monoisotopic (exact) mass is 446 g/mol. The molecule has 1 atom stereocenters. The molecule has 2 N–H and O–H groups in total. The molecule has 3 rings (SSSR count). The molecule has 30 heavy (non-hydrogen) atoms. The van der Waals surface area contributed by atoms with E-state index < -0.39 is 26.9 Å². The minimum atomic E-state index is -3.78. The maximum Gasteiger partial charge on any atom is 0.309 e. The van der Waals surface area contributed by atoms with Gasteiger partial charge in [0.25, 0.3) is 0 Å². The Balaban J connectivity index is 1.53. The van der Waals surface area contributed by atoms with E-state index in [2.05, 4.69) is 10.6 Å². The first-order valence-corrected chi connectivity index (χ1v) is 11.8. The summed E-state index contributed by atoms with van der Waals surface area (Å²) in [6.45, 7) is 0.0697. The predicted molar refractivity (Wildman–Crippen MR) is 114 cm³/mol. The zero-order valence-electron chi connectivity index (χ0n) is 16.1. The number of nitrogens with one attached hydrogen (secondary N) is 2. The number of carbonyl (C=O) groups excluding carboxylic acids is 2. The third kappa shape index (κ3) is 5.58. The van der Waals surface area contributed by atoms with Crippen LogP contribution in [0.4, 0.5) is 0 Å². The van der Waals surface area contributed by atoms with Crippen LogP contribution in [0.3, 0.4) is 0 Å². The summed E-state index contributed by atoms with van der Waals surface area (Å²) in [6.07, 6.45) is 2.83. The molecular weight excluding hydrogens is 424 g/mol. The lowest BCUT2D eigenvalue weighted by atomic mass is 10.1. The van der Waals surface area contributed by atoms with Crippen LogP contribution < -0.4 is 10.6 Å². The van der Waals surface area contributed by atoms with Crippen molar-refractivity contribution in [3.63, 3.8) is 0 Å². The maximum absolute atomic E-state index is 12.9. The number of hydrogen-bond acceptors (Lipinski definition) is 6. The standard InChI is InChI=1S/C21H22N2O5S2/c24-20(22-12-4-9-16-7-2-1-3-8-16)21(25)23-15-18(17-10-5-13-28-17)30(26,27)19-11-6-14-29-19/h1-3,5-8,10-11,13-14,18H,4,9,12,15H2,(H,22,24)(H,23,25)/t18-/m0/s1. The number of rotatable bonds is 9. The van der Waals surface area contributed by atoms with Crippen molar-refractivity contribution in [1.82, 2.24) is 10.6 Å². The Labute approximate surface area is 179 Å². The van der Waals surface area contributed by atoms with E-state index in [-0.39, 0.29) is 16.5 Å². The van der Waals surface area contributed by atoms with Crippen molar-refractivity contribution in [3.8, 4) is 0 Å². The van der Waals surface area contributed by atoms with Crippen LogP contribution in [0.15, 0.2) is 74.9 Å². The molecule has 2 heterocycles. The molecular formula is C21H22N2O5S2. The maximum atomic E-state index is 12.9. The summed E-state index contributed by atoms with van der Waals surface area (Å²) in [7, 11) is -3.78. The minimum absolute atomic E-state index is 0.170. The molecule has 0 bridgehead atoms. The summed E-state index contributed by atoms with van der Waals surface area (Å²) >= 11 is 1.09. The number of carbonyl (C=O) groups is 2. The zero-order chi connectivity index (χ0) is 21.4. The van der Waals surface area contributed by atoms with Gasteiger partial charge in [-0.25, -0.2) is 8.42 Å². The Bertz CT molecular complexity index is 1050. The molecule has 0 aliphatic heterocycles. The SMILES string of the molecule is O=C(NCCCc1ccccc1)C(=O)NC[C@@H](c1ccco1)S(=O)(=O)c1cccs1. The van der Waals surface area contributed by atoms with Crippen LogP contribution >= 0.6 is 11.3 Å². The van der Waals surface area contributed by atoms with Crippen LogP contribution in [0.2, 0.25) is 0 Å². The van der Waals surface area contributed by atoms with E-state index in [0.29, 0.717) is 13.0 Å². The van der Waals surface area contributed by atoms with E-state index >= 15 is 0 Å². The highest BCUT2D eigenvalue weighted by atomic mass is 32.2. The Morgan fingerprint density at radius 2 is 1.73 bits per heavy atom.